The van der Waals surface area contributed by atoms with Crippen molar-refractivity contribution >= 4 is 28.5 Å². The number of carbonyl (C=O) groups excluding carboxylic acids is 1. The van der Waals surface area contributed by atoms with Crippen molar-refractivity contribution in [3.8, 4) is 5.69 Å². The highest BCUT2D eigenvalue weighted by Gasteiger charge is 2.16. The number of anilines is 1. The maximum Gasteiger partial charge on any atom is 0.335 e. The van der Waals surface area contributed by atoms with Gasteiger partial charge in [-0.2, -0.15) is 5.10 Å². The Morgan fingerprint density at radius 3 is 2.38 bits per heavy atom. The van der Waals surface area contributed by atoms with Crippen molar-refractivity contribution < 1.29 is 19.1 Å². The van der Waals surface area contributed by atoms with Gasteiger partial charge in [0.2, 0.25) is 0 Å². The Bertz CT molecular complexity index is 1230. The fourth-order valence-electron chi connectivity index (χ4n) is 3.11. The van der Waals surface area contributed by atoms with Gasteiger partial charge in [-0.1, -0.05) is 12.1 Å². The van der Waals surface area contributed by atoms with E-state index >= 15 is 0 Å². The number of hydrogen-bond donors (Lipinski definition) is 1. The molecule has 0 unspecified atom stereocenters. The second-order valence-electron chi connectivity index (χ2n) is 6.50. The second kappa shape index (κ2) is 7.20. The first-order chi connectivity index (χ1) is 14.0. The van der Waals surface area contributed by atoms with E-state index in [0.717, 1.165) is 5.39 Å². The lowest BCUT2D eigenvalue weighted by Gasteiger charge is -2.18. The molecule has 0 aliphatic rings. The van der Waals surface area contributed by atoms with E-state index in [0.29, 0.717) is 22.5 Å². The lowest BCUT2D eigenvalue weighted by atomic mass is 10.1. The average Bonchev–Trinajstić information content (AvgIpc) is 3.16. The van der Waals surface area contributed by atoms with E-state index in [1.54, 1.807) is 49.6 Å². The molecule has 0 aliphatic heterocycles. The molecule has 1 heterocycles. The standard InChI is InChI=1S/C22H16FN3O3/c1-25(21(27)14-6-8-15(9-7-14)22(28)29)17-10-11-19-16(12-17)13-24-26(19)20-5-3-2-4-18(20)23/h2-13H,1H3,(H,28,29). The summed E-state index contributed by atoms with van der Waals surface area (Å²) in [4.78, 5) is 25.2. The van der Waals surface area contributed by atoms with Crippen molar-refractivity contribution in [2.45, 2.75) is 0 Å². The molecule has 0 radical (unpaired) electrons. The van der Waals surface area contributed by atoms with Gasteiger partial charge in [0.1, 0.15) is 11.5 Å². The monoisotopic (exact) mass is 389 g/mol. The number of rotatable bonds is 4. The largest absolute Gasteiger partial charge is 0.478 e. The van der Waals surface area contributed by atoms with E-state index in [-0.39, 0.29) is 17.3 Å². The van der Waals surface area contributed by atoms with Gasteiger partial charge in [0.05, 0.1) is 17.3 Å². The zero-order valence-electron chi connectivity index (χ0n) is 15.4. The SMILES string of the molecule is CN(C(=O)c1ccc(C(=O)O)cc1)c1ccc2c(cnn2-c2ccccc2F)c1. The Morgan fingerprint density at radius 1 is 1.00 bits per heavy atom. The smallest absolute Gasteiger partial charge is 0.335 e. The molecule has 144 valence electrons. The number of halogens is 1. The highest BCUT2D eigenvalue weighted by atomic mass is 19.1. The molecule has 0 aliphatic carbocycles. The molecule has 0 atom stereocenters. The zero-order valence-corrected chi connectivity index (χ0v) is 15.4. The Morgan fingerprint density at radius 2 is 1.69 bits per heavy atom. The summed E-state index contributed by atoms with van der Waals surface area (Å²) in [6.07, 6.45) is 1.62. The first-order valence-electron chi connectivity index (χ1n) is 8.80. The molecule has 29 heavy (non-hydrogen) atoms. The van der Waals surface area contributed by atoms with Crippen LogP contribution < -0.4 is 4.90 Å². The summed E-state index contributed by atoms with van der Waals surface area (Å²) >= 11 is 0. The first kappa shape index (κ1) is 18.4. The Balaban J connectivity index is 1.65. The van der Waals surface area contributed by atoms with Gasteiger partial charge in [0.15, 0.2) is 0 Å². The fourth-order valence-corrected chi connectivity index (χ4v) is 3.11. The third-order valence-electron chi connectivity index (χ3n) is 4.70. The minimum Gasteiger partial charge on any atom is -0.478 e. The molecule has 0 saturated carbocycles. The number of amides is 1. The molecule has 1 aromatic heterocycles. The number of hydrogen-bond acceptors (Lipinski definition) is 3. The molecule has 0 spiro atoms. The molecule has 7 heteroatoms. The topological polar surface area (TPSA) is 75.4 Å². The number of carboxylic acids is 1. The molecule has 6 nitrogen and oxygen atoms in total. The van der Waals surface area contributed by atoms with Crippen LogP contribution in [0.1, 0.15) is 20.7 Å². The van der Waals surface area contributed by atoms with Gasteiger partial charge in [-0.15, -0.1) is 0 Å². The summed E-state index contributed by atoms with van der Waals surface area (Å²) in [6.45, 7) is 0. The van der Waals surface area contributed by atoms with Crippen molar-refractivity contribution in [2.24, 2.45) is 0 Å². The van der Waals surface area contributed by atoms with Crippen LogP contribution in [0.3, 0.4) is 0 Å². The van der Waals surface area contributed by atoms with Crippen LogP contribution in [-0.4, -0.2) is 33.8 Å². The van der Waals surface area contributed by atoms with E-state index in [4.69, 9.17) is 5.11 Å². The van der Waals surface area contributed by atoms with E-state index in [9.17, 15) is 14.0 Å². The predicted molar refractivity (Wildman–Crippen MR) is 107 cm³/mol. The molecule has 1 amide bonds. The van der Waals surface area contributed by atoms with Gasteiger partial charge in [-0.3, -0.25) is 4.79 Å². The molecule has 0 bridgehead atoms. The lowest BCUT2D eigenvalue weighted by Crippen LogP contribution is -2.26. The third kappa shape index (κ3) is 3.34. The zero-order chi connectivity index (χ0) is 20.5. The maximum atomic E-state index is 14.1. The molecule has 3 aromatic carbocycles. The van der Waals surface area contributed by atoms with Gasteiger partial charge in [0, 0.05) is 23.7 Å². The number of nitrogens with zero attached hydrogens (tertiary/aromatic N) is 3. The van der Waals surface area contributed by atoms with Gasteiger partial charge in [-0.05, 0) is 54.6 Å². The summed E-state index contributed by atoms with van der Waals surface area (Å²) in [6, 6.07) is 17.5. The van der Waals surface area contributed by atoms with Crippen molar-refractivity contribution in [3.63, 3.8) is 0 Å². The van der Waals surface area contributed by atoms with Crippen LogP contribution in [0.5, 0.6) is 0 Å². The summed E-state index contributed by atoms with van der Waals surface area (Å²) in [5.41, 5.74) is 2.19. The summed E-state index contributed by atoms with van der Waals surface area (Å²) in [5, 5.41) is 14.0. The van der Waals surface area contributed by atoms with Gasteiger partial charge in [-0.25, -0.2) is 13.9 Å². The number of benzene rings is 3. The van der Waals surface area contributed by atoms with Crippen molar-refractivity contribution in [1.29, 1.82) is 0 Å². The predicted octanol–water partition coefficient (Wildman–Crippen LogP) is 4.14. The van der Waals surface area contributed by atoms with E-state index in [1.165, 1.54) is 39.9 Å². The number of carbonyl (C=O) groups is 2. The fraction of sp³-hybridized carbons (Fsp3) is 0.0455. The molecule has 1 N–H and O–H groups in total. The highest BCUT2D eigenvalue weighted by Crippen LogP contribution is 2.25. The Labute approximate surface area is 165 Å². The Kier molecular flexibility index (Phi) is 4.56. The van der Waals surface area contributed by atoms with Crippen LogP contribution >= 0.6 is 0 Å². The van der Waals surface area contributed by atoms with Gasteiger partial charge < -0.3 is 10.0 Å². The quantitative estimate of drug-likeness (QED) is 0.569. The van der Waals surface area contributed by atoms with Crippen LogP contribution in [0.2, 0.25) is 0 Å². The summed E-state index contributed by atoms with van der Waals surface area (Å²) in [7, 11) is 1.63. The van der Waals surface area contributed by atoms with Gasteiger partial charge >= 0.3 is 5.97 Å². The molecule has 0 fully saturated rings. The normalized spacial score (nSPS) is 10.8. The molecular weight excluding hydrogens is 373 g/mol. The molecule has 0 saturated heterocycles. The molecule has 4 aromatic rings. The maximum absolute atomic E-state index is 14.1. The number of carboxylic acid groups (broad SMARTS) is 1. The second-order valence-corrected chi connectivity index (χ2v) is 6.50. The van der Waals surface area contributed by atoms with Crippen LogP contribution in [0.4, 0.5) is 10.1 Å². The van der Waals surface area contributed by atoms with Crippen LogP contribution in [0.15, 0.2) is 72.9 Å². The molecular formula is C22H16FN3O3. The average molecular weight is 389 g/mol. The van der Waals surface area contributed by atoms with E-state index < -0.39 is 5.97 Å². The van der Waals surface area contributed by atoms with E-state index in [1.807, 2.05) is 0 Å². The number of aromatic carboxylic acids is 1. The molecule has 4 rings (SSSR count). The number of para-hydroxylation sites is 1. The van der Waals surface area contributed by atoms with Crippen molar-refractivity contribution in [3.05, 3.63) is 89.9 Å². The summed E-state index contributed by atoms with van der Waals surface area (Å²) in [5.74, 6) is -1.70. The van der Waals surface area contributed by atoms with Crippen LogP contribution in [-0.2, 0) is 0 Å². The summed E-state index contributed by atoms with van der Waals surface area (Å²) < 4.78 is 15.6. The van der Waals surface area contributed by atoms with Crippen LogP contribution in [0.25, 0.3) is 16.6 Å². The third-order valence-corrected chi connectivity index (χ3v) is 4.70. The van der Waals surface area contributed by atoms with E-state index in [2.05, 4.69) is 5.10 Å². The lowest BCUT2D eigenvalue weighted by molar-refractivity contribution is 0.0696. The highest BCUT2D eigenvalue weighted by molar-refractivity contribution is 6.07. The minimum atomic E-state index is -1.05. The van der Waals surface area contributed by atoms with Gasteiger partial charge in [0.25, 0.3) is 5.91 Å². The number of aromatic nitrogens is 2. The minimum absolute atomic E-state index is 0.117. The van der Waals surface area contributed by atoms with Crippen LogP contribution in [0, 0.1) is 5.82 Å². The van der Waals surface area contributed by atoms with Crippen molar-refractivity contribution in [2.75, 3.05) is 11.9 Å². The Hall–Kier alpha value is -4.00. The van der Waals surface area contributed by atoms with Crippen molar-refractivity contribution in [1.82, 2.24) is 9.78 Å². The number of fused-ring (bicyclic) bond motifs is 1. The first-order valence-corrected chi connectivity index (χ1v) is 8.80.